The van der Waals surface area contributed by atoms with Gasteiger partial charge in [-0.25, -0.2) is 0 Å². The first-order chi connectivity index (χ1) is 5.49. The molecule has 0 aromatic heterocycles. The summed E-state index contributed by atoms with van der Waals surface area (Å²) in [7, 11) is 0. The third kappa shape index (κ3) is 1.80. The minimum atomic E-state index is 0.350. The predicted octanol–water partition coefficient (Wildman–Crippen LogP) is 3.80. The Labute approximate surface area is 76.4 Å². The highest BCUT2D eigenvalue weighted by Gasteiger charge is 2.40. The predicted molar refractivity (Wildman–Crippen MR) is 55.0 cm³/mol. The van der Waals surface area contributed by atoms with E-state index >= 15 is 0 Å². The Morgan fingerprint density at radius 1 is 1.42 bits per heavy atom. The maximum Gasteiger partial charge on any atom is 0.00978 e. The molecular formula is C12H20. The lowest BCUT2D eigenvalue weighted by Crippen LogP contribution is -1.99. The molecule has 2 atom stereocenters. The van der Waals surface area contributed by atoms with E-state index in [0.29, 0.717) is 11.3 Å². The van der Waals surface area contributed by atoms with E-state index in [1.807, 2.05) is 0 Å². The Morgan fingerprint density at radius 3 is 2.33 bits per heavy atom. The zero-order valence-corrected chi connectivity index (χ0v) is 8.72. The van der Waals surface area contributed by atoms with Gasteiger partial charge < -0.3 is 0 Å². The summed E-state index contributed by atoms with van der Waals surface area (Å²) in [5.41, 5.74) is 1.93. The maximum atomic E-state index is 3.86. The van der Waals surface area contributed by atoms with E-state index in [4.69, 9.17) is 0 Å². The van der Waals surface area contributed by atoms with Crippen molar-refractivity contribution in [2.24, 2.45) is 17.3 Å². The zero-order valence-electron chi connectivity index (χ0n) is 8.72. The van der Waals surface area contributed by atoms with E-state index in [1.54, 1.807) is 5.57 Å². The molecule has 68 valence electrons. The third-order valence-electron chi connectivity index (χ3n) is 3.13. The highest BCUT2D eigenvalue weighted by molar-refractivity contribution is 5.37. The highest BCUT2D eigenvalue weighted by atomic mass is 14.4. The first-order valence-electron chi connectivity index (χ1n) is 4.84. The van der Waals surface area contributed by atoms with Crippen molar-refractivity contribution in [1.29, 1.82) is 0 Å². The fraction of sp³-hybridized carbons (Fsp3) is 0.667. The van der Waals surface area contributed by atoms with Crippen molar-refractivity contribution >= 4 is 0 Å². The molecule has 0 aliphatic heterocycles. The molecule has 1 rings (SSSR count). The second kappa shape index (κ2) is 3.08. The van der Waals surface area contributed by atoms with Gasteiger partial charge in [-0.15, -0.1) is 6.58 Å². The SMILES string of the molecule is C=CC1(C)CC1=CC(C)C(C)C. The lowest BCUT2D eigenvalue weighted by Gasteiger charge is -2.09. The number of hydrogen-bond donors (Lipinski definition) is 0. The first kappa shape index (κ1) is 9.57. The van der Waals surface area contributed by atoms with Crippen LogP contribution in [0.1, 0.15) is 34.1 Å². The topological polar surface area (TPSA) is 0 Å². The van der Waals surface area contributed by atoms with Gasteiger partial charge >= 0.3 is 0 Å². The molecule has 12 heavy (non-hydrogen) atoms. The van der Waals surface area contributed by atoms with Gasteiger partial charge in [0.2, 0.25) is 0 Å². The molecule has 1 aliphatic rings. The van der Waals surface area contributed by atoms with E-state index in [2.05, 4.69) is 46.4 Å². The fourth-order valence-electron chi connectivity index (χ4n) is 1.31. The summed E-state index contributed by atoms with van der Waals surface area (Å²) < 4.78 is 0. The van der Waals surface area contributed by atoms with Gasteiger partial charge in [0, 0.05) is 5.41 Å². The van der Waals surface area contributed by atoms with Crippen LogP contribution in [-0.2, 0) is 0 Å². The second-order valence-corrected chi connectivity index (χ2v) is 4.59. The molecule has 0 bridgehead atoms. The van der Waals surface area contributed by atoms with E-state index < -0.39 is 0 Å². The summed E-state index contributed by atoms with van der Waals surface area (Å²) in [4.78, 5) is 0. The van der Waals surface area contributed by atoms with Crippen molar-refractivity contribution in [2.45, 2.75) is 34.1 Å². The summed E-state index contributed by atoms with van der Waals surface area (Å²) >= 11 is 0. The van der Waals surface area contributed by atoms with E-state index in [-0.39, 0.29) is 0 Å². The normalized spacial score (nSPS) is 33.9. The van der Waals surface area contributed by atoms with Crippen molar-refractivity contribution in [3.8, 4) is 0 Å². The van der Waals surface area contributed by atoms with Crippen LogP contribution in [0, 0.1) is 17.3 Å². The van der Waals surface area contributed by atoms with Gasteiger partial charge in [-0.05, 0) is 18.3 Å². The molecule has 0 N–H and O–H groups in total. The standard InChI is InChI=1S/C12H20/c1-6-12(5)8-11(12)7-10(4)9(2)3/h6-7,9-10H,1,8H2,2-5H3. The molecular weight excluding hydrogens is 144 g/mol. The van der Waals surface area contributed by atoms with Crippen LogP contribution in [-0.4, -0.2) is 0 Å². The lowest BCUT2D eigenvalue weighted by atomic mass is 9.96. The van der Waals surface area contributed by atoms with E-state index in [9.17, 15) is 0 Å². The van der Waals surface area contributed by atoms with Crippen molar-refractivity contribution in [2.75, 3.05) is 0 Å². The molecule has 0 spiro atoms. The third-order valence-corrected chi connectivity index (χ3v) is 3.13. The Bertz CT molecular complexity index is 210. The number of allylic oxidation sites excluding steroid dienone is 3. The quantitative estimate of drug-likeness (QED) is 0.556. The van der Waals surface area contributed by atoms with Crippen molar-refractivity contribution in [3.63, 3.8) is 0 Å². The van der Waals surface area contributed by atoms with Crippen LogP contribution >= 0.6 is 0 Å². The van der Waals surface area contributed by atoms with Crippen LogP contribution in [0.2, 0.25) is 0 Å². The number of rotatable bonds is 3. The molecule has 0 heteroatoms. The molecule has 0 amide bonds. The Morgan fingerprint density at radius 2 is 2.00 bits per heavy atom. The highest BCUT2D eigenvalue weighted by Crippen LogP contribution is 2.53. The van der Waals surface area contributed by atoms with Gasteiger partial charge in [-0.3, -0.25) is 0 Å². The summed E-state index contributed by atoms with van der Waals surface area (Å²) in [6.07, 6.45) is 5.73. The van der Waals surface area contributed by atoms with Crippen LogP contribution < -0.4 is 0 Å². The van der Waals surface area contributed by atoms with Crippen molar-refractivity contribution in [1.82, 2.24) is 0 Å². The molecule has 0 aromatic carbocycles. The van der Waals surface area contributed by atoms with Crippen LogP contribution in [0.3, 0.4) is 0 Å². The summed E-state index contributed by atoms with van der Waals surface area (Å²) in [5.74, 6) is 1.47. The summed E-state index contributed by atoms with van der Waals surface area (Å²) in [6, 6.07) is 0. The monoisotopic (exact) mass is 164 g/mol. The number of hydrogen-bond acceptors (Lipinski definition) is 0. The lowest BCUT2D eigenvalue weighted by molar-refractivity contribution is 0.502. The Hall–Kier alpha value is -0.520. The minimum absolute atomic E-state index is 0.350. The molecule has 0 saturated heterocycles. The molecule has 1 aliphatic carbocycles. The van der Waals surface area contributed by atoms with E-state index in [1.165, 1.54) is 6.42 Å². The van der Waals surface area contributed by atoms with Gasteiger partial charge in [0.15, 0.2) is 0 Å². The molecule has 1 fully saturated rings. The van der Waals surface area contributed by atoms with Gasteiger partial charge in [-0.2, -0.15) is 0 Å². The van der Waals surface area contributed by atoms with Gasteiger partial charge in [-0.1, -0.05) is 45.4 Å². The van der Waals surface area contributed by atoms with Crippen LogP contribution in [0.5, 0.6) is 0 Å². The fourth-order valence-corrected chi connectivity index (χ4v) is 1.31. The first-order valence-corrected chi connectivity index (χ1v) is 4.84. The Kier molecular flexibility index (Phi) is 2.46. The molecule has 0 radical (unpaired) electrons. The van der Waals surface area contributed by atoms with Crippen LogP contribution in [0.15, 0.2) is 24.3 Å². The van der Waals surface area contributed by atoms with Gasteiger partial charge in [0.1, 0.15) is 0 Å². The molecule has 2 unspecified atom stereocenters. The largest absolute Gasteiger partial charge is 0.102 e. The van der Waals surface area contributed by atoms with Gasteiger partial charge in [0.05, 0.1) is 0 Å². The summed E-state index contributed by atoms with van der Waals surface area (Å²) in [6.45, 7) is 13.0. The van der Waals surface area contributed by atoms with Gasteiger partial charge in [0.25, 0.3) is 0 Å². The minimum Gasteiger partial charge on any atom is -0.102 e. The summed E-state index contributed by atoms with van der Waals surface area (Å²) in [5, 5.41) is 0. The maximum absolute atomic E-state index is 3.86. The molecule has 0 aromatic rings. The molecule has 0 nitrogen and oxygen atoms in total. The van der Waals surface area contributed by atoms with Crippen molar-refractivity contribution in [3.05, 3.63) is 24.3 Å². The second-order valence-electron chi connectivity index (χ2n) is 4.59. The Balaban J connectivity index is 2.57. The molecule has 0 heterocycles. The smallest absolute Gasteiger partial charge is 0.00978 e. The van der Waals surface area contributed by atoms with Crippen molar-refractivity contribution < 1.29 is 0 Å². The zero-order chi connectivity index (χ0) is 9.35. The van der Waals surface area contributed by atoms with E-state index in [0.717, 1.165) is 5.92 Å². The average Bonchev–Trinajstić information content (AvgIpc) is 2.63. The molecule has 1 saturated carbocycles. The average molecular weight is 164 g/mol. The van der Waals surface area contributed by atoms with Crippen LogP contribution in [0.25, 0.3) is 0 Å². The van der Waals surface area contributed by atoms with Crippen LogP contribution in [0.4, 0.5) is 0 Å².